The SMILES string of the molecule is CCc1ccc(CC2(O)CCNCC2(C)C)cc1. The Morgan fingerprint density at radius 2 is 1.78 bits per heavy atom. The minimum atomic E-state index is -0.591. The van der Waals surface area contributed by atoms with Crippen LogP contribution in [-0.4, -0.2) is 23.8 Å². The van der Waals surface area contributed by atoms with Crippen LogP contribution in [0.3, 0.4) is 0 Å². The zero-order valence-electron chi connectivity index (χ0n) is 11.8. The van der Waals surface area contributed by atoms with E-state index in [-0.39, 0.29) is 5.41 Å². The van der Waals surface area contributed by atoms with Crippen LogP contribution in [0, 0.1) is 5.41 Å². The van der Waals surface area contributed by atoms with E-state index in [1.165, 1.54) is 11.1 Å². The number of hydrogen-bond acceptors (Lipinski definition) is 2. The van der Waals surface area contributed by atoms with E-state index in [1.54, 1.807) is 0 Å². The van der Waals surface area contributed by atoms with Crippen LogP contribution >= 0.6 is 0 Å². The Bertz CT molecular complexity index is 396. The van der Waals surface area contributed by atoms with Gasteiger partial charge in [0, 0.05) is 18.4 Å². The molecular weight excluding hydrogens is 222 g/mol. The Morgan fingerprint density at radius 3 is 2.33 bits per heavy atom. The molecule has 1 atom stereocenters. The first-order valence-electron chi connectivity index (χ1n) is 6.98. The molecule has 0 amide bonds. The molecule has 1 aliphatic heterocycles. The molecule has 1 heterocycles. The standard InChI is InChI=1S/C16H25NO/c1-4-13-5-7-14(8-6-13)11-16(18)9-10-17-12-15(16,2)3/h5-8,17-18H,4,9-12H2,1-3H3. The summed E-state index contributed by atoms with van der Waals surface area (Å²) in [6.07, 6.45) is 2.65. The lowest BCUT2D eigenvalue weighted by Gasteiger charge is -2.47. The summed E-state index contributed by atoms with van der Waals surface area (Å²) in [6.45, 7) is 8.26. The number of aryl methyl sites for hydroxylation is 1. The zero-order valence-corrected chi connectivity index (χ0v) is 11.8. The largest absolute Gasteiger partial charge is 0.389 e. The smallest absolute Gasteiger partial charge is 0.0762 e. The van der Waals surface area contributed by atoms with Gasteiger partial charge in [-0.25, -0.2) is 0 Å². The highest BCUT2D eigenvalue weighted by Gasteiger charge is 2.44. The third-order valence-electron chi connectivity index (χ3n) is 4.47. The van der Waals surface area contributed by atoms with Crippen molar-refractivity contribution < 1.29 is 5.11 Å². The van der Waals surface area contributed by atoms with Gasteiger partial charge >= 0.3 is 0 Å². The maximum Gasteiger partial charge on any atom is 0.0762 e. The van der Waals surface area contributed by atoms with Gasteiger partial charge in [-0.2, -0.15) is 0 Å². The van der Waals surface area contributed by atoms with Crippen LogP contribution in [-0.2, 0) is 12.8 Å². The molecule has 18 heavy (non-hydrogen) atoms. The van der Waals surface area contributed by atoms with E-state index in [1.807, 2.05) is 0 Å². The van der Waals surface area contributed by atoms with Crippen molar-refractivity contribution in [3.8, 4) is 0 Å². The second-order valence-electron chi connectivity index (χ2n) is 6.19. The normalized spacial score (nSPS) is 27.1. The lowest BCUT2D eigenvalue weighted by Crippen LogP contribution is -2.57. The number of hydrogen-bond donors (Lipinski definition) is 2. The van der Waals surface area contributed by atoms with Crippen molar-refractivity contribution in [1.82, 2.24) is 5.32 Å². The molecule has 0 spiro atoms. The maximum absolute atomic E-state index is 10.9. The van der Waals surface area contributed by atoms with Crippen molar-refractivity contribution in [3.63, 3.8) is 0 Å². The van der Waals surface area contributed by atoms with Crippen molar-refractivity contribution in [3.05, 3.63) is 35.4 Å². The van der Waals surface area contributed by atoms with Gasteiger partial charge in [0.25, 0.3) is 0 Å². The van der Waals surface area contributed by atoms with E-state index >= 15 is 0 Å². The summed E-state index contributed by atoms with van der Waals surface area (Å²) in [5.74, 6) is 0. The number of benzene rings is 1. The van der Waals surface area contributed by atoms with Gasteiger partial charge in [-0.3, -0.25) is 0 Å². The van der Waals surface area contributed by atoms with Crippen LogP contribution in [0.15, 0.2) is 24.3 Å². The third-order valence-corrected chi connectivity index (χ3v) is 4.47. The molecule has 1 aliphatic rings. The second kappa shape index (κ2) is 5.02. The molecule has 2 heteroatoms. The molecule has 0 saturated carbocycles. The molecular formula is C16H25NO. The molecule has 0 aliphatic carbocycles. The van der Waals surface area contributed by atoms with Gasteiger partial charge in [-0.15, -0.1) is 0 Å². The van der Waals surface area contributed by atoms with E-state index in [9.17, 15) is 5.11 Å². The summed E-state index contributed by atoms with van der Waals surface area (Å²) >= 11 is 0. The van der Waals surface area contributed by atoms with Crippen LogP contribution < -0.4 is 5.32 Å². The Kier molecular flexibility index (Phi) is 3.79. The van der Waals surface area contributed by atoms with Gasteiger partial charge in [0.15, 0.2) is 0 Å². The third kappa shape index (κ3) is 2.60. The first kappa shape index (κ1) is 13.6. The summed E-state index contributed by atoms with van der Waals surface area (Å²) in [7, 11) is 0. The Balaban J connectivity index is 2.15. The van der Waals surface area contributed by atoms with Gasteiger partial charge in [-0.05, 0) is 30.5 Å². The number of rotatable bonds is 3. The van der Waals surface area contributed by atoms with Crippen molar-refractivity contribution in [2.75, 3.05) is 13.1 Å². The monoisotopic (exact) mass is 247 g/mol. The molecule has 1 fully saturated rings. The molecule has 1 aromatic carbocycles. The highest BCUT2D eigenvalue weighted by Crippen LogP contribution is 2.38. The van der Waals surface area contributed by atoms with Gasteiger partial charge in [0.05, 0.1) is 5.60 Å². The van der Waals surface area contributed by atoms with Gasteiger partial charge in [0.2, 0.25) is 0 Å². The molecule has 1 saturated heterocycles. The molecule has 2 N–H and O–H groups in total. The molecule has 100 valence electrons. The second-order valence-corrected chi connectivity index (χ2v) is 6.19. The molecule has 2 rings (SSSR count). The Labute approximate surface area is 110 Å². The highest BCUT2D eigenvalue weighted by atomic mass is 16.3. The average Bonchev–Trinajstić information content (AvgIpc) is 2.34. The van der Waals surface area contributed by atoms with Crippen LogP contribution in [0.1, 0.15) is 38.3 Å². The lowest BCUT2D eigenvalue weighted by molar-refractivity contribution is -0.0869. The van der Waals surface area contributed by atoms with Crippen molar-refractivity contribution in [2.45, 2.75) is 45.6 Å². The number of aliphatic hydroxyl groups is 1. The van der Waals surface area contributed by atoms with Crippen molar-refractivity contribution >= 4 is 0 Å². The average molecular weight is 247 g/mol. The first-order valence-corrected chi connectivity index (χ1v) is 6.98. The fraction of sp³-hybridized carbons (Fsp3) is 0.625. The summed E-state index contributed by atoms with van der Waals surface area (Å²) < 4.78 is 0. The quantitative estimate of drug-likeness (QED) is 0.860. The summed E-state index contributed by atoms with van der Waals surface area (Å²) in [5.41, 5.74) is 1.93. The zero-order chi connectivity index (χ0) is 13.2. The molecule has 2 nitrogen and oxygen atoms in total. The van der Waals surface area contributed by atoms with Crippen LogP contribution in [0.25, 0.3) is 0 Å². The molecule has 0 aromatic heterocycles. The summed E-state index contributed by atoms with van der Waals surface area (Å²) in [4.78, 5) is 0. The van der Waals surface area contributed by atoms with Gasteiger partial charge in [-0.1, -0.05) is 45.0 Å². The number of piperidine rings is 1. The molecule has 1 aromatic rings. The predicted molar refractivity (Wildman–Crippen MR) is 75.7 cm³/mol. The van der Waals surface area contributed by atoms with E-state index in [4.69, 9.17) is 0 Å². The van der Waals surface area contributed by atoms with E-state index < -0.39 is 5.60 Å². The van der Waals surface area contributed by atoms with Gasteiger partial charge < -0.3 is 10.4 Å². The Hall–Kier alpha value is -0.860. The van der Waals surface area contributed by atoms with Crippen molar-refractivity contribution in [2.24, 2.45) is 5.41 Å². The molecule has 0 radical (unpaired) electrons. The first-order chi connectivity index (χ1) is 8.47. The fourth-order valence-corrected chi connectivity index (χ4v) is 2.76. The fourth-order valence-electron chi connectivity index (χ4n) is 2.76. The minimum absolute atomic E-state index is 0.0747. The topological polar surface area (TPSA) is 32.3 Å². The van der Waals surface area contributed by atoms with E-state index in [2.05, 4.69) is 50.4 Å². The van der Waals surface area contributed by atoms with Gasteiger partial charge in [0.1, 0.15) is 0 Å². The van der Waals surface area contributed by atoms with E-state index in [0.717, 1.165) is 32.4 Å². The predicted octanol–water partition coefficient (Wildman–Crippen LogP) is 2.54. The summed E-state index contributed by atoms with van der Waals surface area (Å²) in [5, 5.41) is 14.3. The minimum Gasteiger partial charge on any atom is -0.389 e. The van der Waals surface area contributed by atoms with Crippen LogP contribution in [0.5, 0.6) is 0 Å². The van der Waals surface area contributed by atoms with Crippen LogP contribution in [0.4, 0.5) is 0 Å². The van der Waals surface area contributed by atoms with E-state index in [0.29, 0.717) is 0 Å². The number of nitrogens with one attached hydrogen (secondary N) is 1. The maximum atomic E-state index is 10.9. The van der Waals surface area contributed by atoms with Crippen molar-refractivity contribution in [1.29, 1.82) is 0 Å². The van der Waals surface area contributed by atoms with Crippen LogP contribution in [0.2, 0.25) is 0 Å². The molecule has 1 unspecified atom stereocenters. The highest BCUT2D eigenvalue weighted by molar-refractivity contribution is 5.24. The lowest BCUT2D eigenvalue weighted by atomic mass is 9.68. The Morgan fingerprint density at radius 1 is 1.17 bits per heavy atom. The molecule has 0 bridgehead atoms. The summed E-state index contributed by atoms with van der Waals surface area (Å²) in [6, 6.07) is 8.67.